The van der Waals surface area contributed by atoms with Gasteiger partial charge in [-0.2, -0.15) is 0 Å². The molecule has 0 radical (unpaired) electrons. The van der Waals surface area contributed by atoms with Crippen molar-refractivity contribution >= 4 is 40.9 Å². The fourth-order valence-electron chi connectivity index (χ4n) is 1.38. The first-order chi connectivity index (χ1) is 8.58. The molecular weight excluding hydrogens is 295 g/mol. The third kappa shape index (κ3) is 3.02. The molecule has 94 valence electrons. The lowest BCUT2D eigenvalue weighted by molar-refractivity contribution is 0.0661. The third-order valence-electron chi connectivity index (χ3n) is 2.22. The summed E-state index contributed by atoms with van der Waals surface area (Å²) in [4.78, 5) is 11.7. The molecule has 0 saturated heterocycles. The van der Waals surface area contributed by atoms with Crippen molar-refractivity contribution in [2.45, 2.75) is 10.6 Å². The van der Waals surface area contributed by atoms with Gasteiger partial charge < -0.3 is 9.52 Å². The maximum absolute atomic E-state index is 10.9. The van der Waals surface area contributed by atoms with E-state index in [0.717, 1.165) is 4.90 Å². The van der Waals surface area contributed by atoms with Gasteiger partial charge in [-0.05, 0) is 24.3 Å². The van der Waals surface area contributed by atoms with E-state index in [1.807, 2.05) is 0 Å². The average molecular weight is 303 g/mol. The molecule has 0 bridgehead atoms. The second-order valence-corrected chi connectivity index (χ2v) is 5.30. The van der Waals surface area contributed by atoms with E-state index in [4.69, 9.17) is 32.7 Å². The highest BCUT2D eigenvalue weighted by Gasteiger charge is 2.14. The summed E-state index contributed by atoms with van der Waals surface area (Å²) in [5, 5.41) is 10.1. The summed E-state index contributed by atoms with van der Waals surface area (Å²) < 4.78 is 4.90. The Labute approximate surface area is 118 Å². The molecule has 0 amide bonds. The lowest BCUT2D eigenvalue weighted by Crippen LogP contribution is -1.97. The zero-order valence-corrected chi connectivity index (χ0v) is 11.4. The second-order valence-electron chi connectivity index (χ2n) is 3.44. The first-order valence-corrected chi connectivity index (χ1v) is 6.69. The van der Waals surface area contributed by atoms with Crippen LogP contribution >= 0.6 is 35.0 Å². The third-order valence-corrected chi connectivity index (χ3v) is 4.00. The van der Waals surface area contributed by atoms with E-state index in [9.17, 15) is 4.79 Å². The zero-order chi connectivity index (χ0) is 13.1. The first kappa shape index (κ1) is 13.3. The molecule has 0 atom stereocenters. The van der Waals surface area contributed by atoms with Crippen LogP contribution < -0.4 is 0 Å². The Balaban J connectivity index is 2.14. The van der Waals surface area contributed by atoms with Crippen molar-refractivity contribution in [1.82, 2.24) is 0 Å². The molecule has 0 aliphatic carbocycles. The summed E-state index contributed by atoms with van der Waals surface area (Å²) in [6.45, 7) is 0. The van der Waals surface area contributed by atoms with E-state index in [0.29, 0.717) is 21.4 Å². The van der Waals surface area contributed by atoms with Gasteiger partial charge in [0.25, 0.3) is 0 Å². The number of hydrogen-bond donors (Lipinski definition) is 1. The van der Waals surface area contributed by atoms with Gasteiger partial charge in [0.05, 0.1) is 11.3 Å². The minimum atomic E-state index is -1.08. The maximum atomic E-state index is 10.9. The lowest BCUT2D eigenvalue weighted by Gasteiger charge is -2.04. The predicted octanol–water partition coefficient (Wildman–Crippen LogP) is 4.58. The number of benzene rings is 1. The minimum Gasteiger partial charge on any atom is -0.475 e. The summed E-state index contributed by atoms with van der Waals surface area (Å²) in [5.74, 6) is -0.661. The highest BCUT2D eigenvalue weighted by Crippen LogP contribution is 2.32. The van der Waals surface area contributed by atoms with Crippen LogP contribution in [-0.4, -0.2) is 11.1 Å². The number of thioether (sulfide) groups is 1. The standard InChI is InChI=1S/C12H8Cl2O3S/c13-8-1-2-9(14)10(5-8)18-6-7-3-4-17-11(7)12(15)16/h1-5H,6H2,(H,15,16). The molecule has 1 N–H and O–H groups in total. The Kier molecular flexibility index (Phi) is 4.22. The van der Waals surface area contributed by atoms with Crippen molar-refractivity contribution in [2.24, 2.45) is 0 Å². The molecule has 18 heavy (non-hydrogen) atoms. The summed E-state index contributed by atoms with van der Waals surface area (Å²) in [6.07, 6.45) is 1.36. The number of carbonyl (C=O) groups is 1. The van der Waals surface area contributed by atoms with Crippen molar-refractivity contribution < 1.29 is 14.3 Å². The smallest absolute Gasteiger partial charge is 0.372 e. The van der Waals surface area contributed by atoms with Crippen molar-refractivity contribution in [1.29, 1.82) is 0 Å². The topological polar surface area (TPSA) is 50.4 Å². The quantitative estimate of drug-likeness (QED) is 0.840. The molecule has 1 heterocycles. The maximum Gasteiger partial charge on any atom is 0.372 e. The van der Waals surface area contributed by atoms with Gasteiger partial charge in [0, 0.05) is 21.2 Å². The van der Waals surface area contributed by atoms with Crippen LogP contribution in [0.4, 0.5) is 0 Å². The molecule has 0 fully saturated rings. The molecule has 2 rings (SSSR count). The molecule has 0 aliphatic heterocycles. The fraction of sp³-hybridized carbons (Fsp3) is 0.0833. The molecule has 2 aromatic rings. The number of aromatic carboxylic acids is 1. The molecule has 0 unspecified atom stereocenters. The van der Waals surface area contributed by atoms with E-state index in [-0.39, 0.29) is 5.76 Å². The van der Waals surface area contributed by atoms with Crippen LogP contribution in [0.2, 0.25) is 10.0 Å². The van der Waals surface area contributed by atoms with Crippen molar-refractivity contribution in [2.75, 3.05) is 0 Å². The molecule has 1 aromatic heterocycles. The Morgan fingerprint density at radius 3 is 2.83 bits per heavy atom. The Morgan fingerprint density at radius 1 is 1.33 bits per heavy atom. The van der Waals surface area contributed by atoms with Crippen LogP contribution in [0, 0.1) is 0 Å². The van der Waals surface area contributed by atoms with Crippen LogP contribution in [0.15, 0.2) is 39.8 Å². The van der Waals surface area contributed by atoms with Crippen molar-refractivity contribution in [3.8, 4) is 0 Å². The number of halogens is 2. The van der Waals surface area contributed by atoms with Gasteiger partial charge in [0.1, 0.15) is 0 Å². The minimum absolute atomic E-state index is 0.0411. The molecular formula is C12H8Cl2O3S. The van der Waals surface area contributed by atoms with Crippen LogP contribution in [0.25, 0.3) is 0 Å². The Morgan fingerprint density at radius 2 is 2.11 bits per heavy atom. The van der Waals surface area contributed by atoms with E-state index in [2.05, 4.69) is 0 Å². The van der Waals surface area contributed by atoms with Gasteiger partial charge in [0.15, 0.2) is 0 Å². The Hall–Kier alpha value is -1.10. The SMILES string of the molecule is O=C(O)c1occc1CSc1cc(Cl)ccc1Cl. The molecule has 0 saturated carbocycles. The van der Waals surface area contributed by atoms with Gasteiger partial charge in [-0.25, -0.2) is 4.79 Å². The van der Waals surface area contributed by atoms with Crippen molar-refractivity contribution in [3.05, 3.63) is 51.9 Å². The lowest BCUT2D eigenvalue weighted by atomic mass is 10.3. The van der Waals surface area contributed by atoms with Gasteiger partial charge >= 0.3 is 5.97 Å². The van der Waals surface area contributed by atoms with E-state index < -0.39 is 5.97 Å². The van der Waals surface area contributed by atoms with Crippen LogP contribution in [0.3, 0.4) is 0 Å². The molecule has 0 aliphatic rings. The number of carboxylic acid groups (broad SMARTS) is 1. The van der Waals surface area contributed by atoms with Crippen LogP contribution in [0.5, 0.6) is 0 Å². The van der Waals surface area contributed by atoms with Crippen LogP contribution in [0.1, 0.15) is 16.1 Å². The normalized spacial score (nSPS) is 10.6. The average Bonchev–Trinajstić information content (AvgIpc) is 2.79. The highest BCUT2D eigenvalue weighted by atomic mass is 35.5. The number of hydrogen-bond acceptors (Lipinski definition) is 3. The van der Waals surface area contributed by atoms with E-state index in [1.54, 1.807) is 24.3 Å². The highest BCUT2D eigenvalue weighted by molar-refractivity contribution is 7.98. The first-order valence-electron chi connectivity index (χ1n) is 4.95. The van der Waals surface area contributed by atoms with Crippen molar-refractivity contribution in [3.63, 3.8) is 0 Å². The summed E-state index contributed by atoms with van der Waals surface area (Å²) in [6, 6.07) is 6.79. The van der Waals surface area contributed by atoms with Crippen LogP contribution in [-0.2, 0) is 5.75 Å². The summed E-state index contributed by atoms with van der Waals surface area (Å²) in [7, 11) is 0. The predicted molar refractivity (Wildman–Crippen MR) is 71.7 cm³/mol. The fourth-order valence-corrected chi connectivity index (χ4v) is 2.85. The number of carboxylic acids is 1. The van der Waals surface area contributed by atoms with Gasteiger partial charge in [-0.15, -0.1) is 11.8 Å². The van der Waals surface area contributed by atoms with E-state index in [1.165, 1.54) is 18.0 Å². The largest absolute Gasteiger partial charge is 0.475 e. The number of rotatable bonds is 4. The number of furan rings is 1. The van der Waals surface area contributed by atoms with Gasteiger partial charge in [-0.1, -0.05) is 23.2 Å². The van der Waals surface area contributed by atoms with Gasteiger partial charge in [-0.3, -0.25) is 0 Å². The zero-order valence-electron chi connectivity index (χ0n) is 9.02. The molecule has 1 aromatic carbocycles. The second kappa shape index (κ2) is 5.69. The van der Waals surface area contributed by atoms with E-state index >= 15 is 0 Å². The van der Waals surface area contributed by atoms with Gasteiger partial charge in [0.2, 0.25) is 5.76 Å². The summed E-state index contributed by atoms with van der Waals surface area (Å²) in [5.41, 5.74) is 0.614. The molecule has 3 nitrogen and oxygen atoms in total. The molecule has 6 heteroatoms. The monoisotopic (exact) mass is 302 g/mol. The Bertz CT molecular complexity index is 580. The summed E-state index contributed by atoms with van der Waals surface area (Å²) >= 11 is 13.3. The molecule has 0 spiro atoms.